The van der Waals surface area contributed by atoms with E-state index in [2.05, 4.69) is 0 Å². The molecule has 0 aliphatic carbocycles. The van der Waals surface area contributed by atoms with Crippen LogP contribution in [-0.2, 0) is 6.61 Å². The molecule has 0 fully saturated rings. The maximum Gasteiger partial charge on any atom is 0.336 e. The van der Waals surface area contributed by atoms with E-state index in [0.717, 1.165) is 16.5 Å². The van der Waals surface area contributed by atoms with Gasteiger partial charge in [0.15, 0.2) is 0 Å². The normalized spacial score (nSPS) is 11.1. The van der Waals surface area contributed by atoms with Gasteiger partial charge in [-0.05, 0) is 54.4 Å². The molecule has 6 nitrogen and oxygen atoms in total. The third-order valence-electron chi connectivity index (χ3n) is 5.16. The minimum absolute atomic E-state index is 0.0180. The summed E-state index contributed by atoms with van der Waals surface area (Å²) in [7, 11) is 0. The Kier molecular flexibility index (Phi) is 5.36. The molecule has 0 aliphatic rings. The molecule has 2 aromatic heterocycles. The van der Waals surface area contributed by atoms with Gasteiger partial charge < -0.3 is 18.3 Å². The van der Waals surface area contributed by atoms with Crippen molar-refractivity contribution in [2.45, 2.75) is 13.5 Å². The lowest BCUT2D eigenvalue weighted by atomic mass is 10.1. The van der Waals surface area contributed by atoms with E-state index in [-0.39, 0.29) is 11.2 Å². The molecule has 5 aromatic rings. The maximum absolute atomic E-state index is 12.9. The third-order valence-corrected chi connectivity index (χ3v) is 5.39. The van der Waals surface area contributed by atoms with E-state index in [1.54, 1.807) is 42.5 Å². The van der Waals surface area contributed by atoms with Gasteiger partial charge in [0.2, 0.25) is 11.2 Å². The van der Waals surface area contributed by atoms with Crippen molar-refractivity contribution in [2.75, 3.05) is 0 Å². The first-order valence-corrected chi connectivity index (χ1v) is 10.5. The summed E-state index contributed by atoms with van der Waals surface area (Å²) in [6.45, 7) is 2.15. The first-order valence-electron chi connectivity index (χ1n) is 10.1. The summed E-state index contributed by atoms with van der Waals surface area (Å²) >= 11 is 6.00. The Balaban J connectivity index is 1.40. The monoisotopic (exact) mass is 460 g/mol. The SMILES string of the molecule is Cc1cc(=O)oc2cc(Oc3coc4cc(OCc5cccc(Cl)c5)ccc4c3=O)ccc12. The summed E-state index contributed by atoms with van der Waals surface area (Å²) in [5.74, 6) is 0.924. The zero-order valence-corrected chi connectivity index (χ0v) is 18.2. The number of ether oxygens (including phenoxy) is 2. The topological polar surface area (TPSA) is 78.9 Å². The minimum atomic E-state index is -0.448. The van der Waals surface area contributed by atoms with Crippen LogP contribution in [-0.4, -0.2) is 0 Å². The lowest BCUT2D eigenvalue weighted by Crippen LogP contribution is -2.05. The summed E-state index contributed by atoms with van der Waals surface area (Å²) in [5, 5.41) is 1.78. The van der Waals surface area contributed by atoms with Crippen LogP contribution in [0.5, 0.6) is 17.2 Å². The number of halogens is 1. The average molecular weight is 461 g/mol. The average Bonchev–Trinajstić information content (AvgIpc) is 2.79. The van der Waals surface area contributed by atoms with E-state index in [1.807, 2.05) is 25.1 Å². The molecular formula is C26H17ClO6. The zero-order valence-electron chi connectivity index (χ0n) is 17.5. The highest BCUT2D eigenvalue weighted by Crippen LogP contribution is 2.27. The fraction of sp³-hybridized carbons (Fsp3) is 0.0769. The Hall–Kier alpha value is -4.03. The highest BCUT2D eigenvalue weighted by Gasteiger charge is 2.12. The van der Waals surface area contributed by atoms with Crippen LogP contribution < -0.4 is 20.5 Å². The second-order valence-corrected chi connectivity index (χ2v) is 7.95. The van der Waals surface area contributed by atoms with Gasteiger partial charge in [-0.3, -0.25) is 4.79 Å². The van der Waals surface area contributed by atoms with Gasteiger partial charge >= 0.3 is 5.63 Å². The van der Waals surface area contributed by atoms with Crippen molar-refractivity contribution in [2.24, 2.45) is 0 Å². The molecule has 0 saturated heterocycles. The molecular weight excluding hydrogens is 444 g/mol. The molecule has 5 rings (SSSR count). The summed E-state index contributed by atoms with van der Waals surface area (Å²) in [6.07, 6.45) is 1.25. The number of rotatable bonds is 5. The number of fused-ring (bicyclic) bond motifs is 2. The fourth-order valence-corrected chi connectivity index (χ4v) is 3.75. The molecule has 7 heteroatoms. The first kappa shape index (κ1) is 20.8. The van der Waals surface area contributed by atoms with Gasteiger partial charge in [-0.1, -0.05) is 23.7 Å². The predicted octanol–water partition coefficient (Wildman–Crippen LogP) is 6.23. The molecule has 0 spiro atoms. The fourth-order valence-electron chi connectivity index (χ4n) is 3.54. The van der Waals surface area contributed by atoms with E-state index in [4.69, 9.17) is 29.9 Å². The molecule has 0 N–H and O–H groups in total. The van der Waals surface area contributed by atoms with E-state index < -0.39 is 5.63 Å². The largest absolute Gasteiger partial charge is 0.489 e. The molecule has 3 aromatic carbocycles. The number of benzene rings is 3. The lowest BCUT2D eigenvalue weighted by molar-refractivity contribution is 0.306. The summed E-state index contributed by atoms with van der Waals surface area (Å²) in [4.78, 5) is 24.6. The van der Waals surface area contributed by atoms with E-state index in [1.165, 1.54) is 12.3 Å². The second kappa shape index (κ2) is 8.48. The minimum Gasteiger partial charge on any atom is -0.489 e. The highest BCUT2D eigenvalue weighted by atomic mass is 35.5. The van der Waals surface area contributed by atoms with Crippen LogP contribution in [0.25, 0.3) is 21.9 Å². The van der Waals surface area contributed by atoms with Gasteiger partial charge in [-0.15, -0.1) is 0 Å². The molecule has 0 amide bonds. The Labute approximate surface area is 192 Å². The Bertz CT molecular complexity index is 1620. The second-order valence-electron chi connectivity index (χ2n) is 7.51. The van der Waals surface area contributed by atoms with Gasteiger partial charge in [0.1, 0.15) is 35.5 Å². The molecule has 2 heterocycles. The lowest BCUT2D eigenvalue weighted by Gasteiger charge is -2.09. The smallest absolute Gasteiger partial charge is 0.336 e. The molecule has 164 valence electrons. The molecule has 0 saturated carbocycles. The van der Waals surface area contributed by atoms with Gasteiger partial charge in [-0.2, -0.15) is 0 Å². The van der Waals surface area contributed by atoms with E-state index >= 15 is 0 Å². The van der Waals surface area contributed by atoms with Crippen LogP contribution in [0, 0.1) is 6.92 Å². The van der Waals surface area contributed by atoms with Crippen molar-refractivity contribution in [3.8, 4) is 17.2 Å². The predicted molar refractivity (Wildman–Crippen MR) is 126 cm³/mol. The number of hydrogen-bond acceptors (Lipinski definition) is 6. The standard InChI is InChI=1S/C26H17ClO6/c1-15-9-25(28)33-23-12-19(6-7-20(15)23)32-24-14-31-22-11-18(5-8-21(22)26(24)29)30-13-16-3-2-4-17(27)10-16/h2-12,14H,13H2,1H3. The van der Waals surface area contributed by atoms with Crippen molar-refractivity contribution < 1.29 is 18.3 Å². The van der Waals surface area contributed by atoms with Crippen LogP contribution in [0.15, 0.2) is 91.4 Å². The van der Waals surface area contributed by atoms with Gasteiger partial charge in [-0.25, -0.2) is 4.79 Å². The van der Waals surface area contributed by atoms with E-state index in [9.17, 15) is 9.59 Å². The Morgan fingerprint density at radius 3 is 2.52 bits per heavy atom. The van der Waals surface area contributed by atoms with Crippen LogP contribution in [0.3, 0.4) is 0 Å². The quantitative estimate of drug-likeness (QED) is 0.289. The summed E-state index contributed by atoms with van der Waals surface area (Å²) < 4.78 is 22.4. The van der Waals surface area contributed by atoms with Crippen molar-refractivity contribution in [3.63, 3.8) is 0 Å². The molecule has 0 bridgehead atoms. The zero-order chi connectivity index (χ0) is 22.9. The van der Waals surface area contributed by atoms with Crippen molar-refractivity contribution in [1.29, 1.82) is 0 Å². The molecule has 0 aliphatic heterocycles. The number of aryl methyl sites for hydroxylation is 1. The van der Waals surface area contributed by atoms with Gasteiger partial charge in [0, 0.05) is 28.6 Å². The van der Waals surface area contributed by atoms with Crippen LogP contribution in [0.2, 0.25) is 5.02 Å². The van der Waals surface area contributed by atoms with Crippen LogP contribution in [0.1, 0.15) is 11.1 Å². The van der Waals surface area contributed by atoms with E-state index in [0.29, 0.717) is 39.7 Å². The molecule has 0 radical (unpaired) electrons. The summed E-state index contributed by atoms with van der Waals surface area (Å²) in [6, 6.07) is 18.8. The van der Waals surface area contributed by atoms with Gasteiger partial charge in [0.25, 0.3) is 0 Å². The Morgan fingerprint density at radius 1 is 0.879 bits per heavy atom. The molecule has 0 atom stereocenters. The summed E-state index contributed by atoms with van der Waals surface area (Å²) in [5.41, 5.74) is 1.69. The number of hydrogen-bond donors (Lipinski definition) is 0. The molecule has 33 heavy (non-hydrogen) atoms. The maximum atomic E-state index is 12.9. The Morgan fingerprint density at radius 2 is 1.67 bits per heavy atom. The van der Waals surface area contributed by atoms with Crippen LogP contribution in [0.4, 0.5) is 0 Å². The first-order chi connectivity index (χ1) is 16.0. The highest BCUT2D eigenvalue weighted by molar-refractivity contribution is 6.30. The van der Waals surface area contributed by atoms with Crippen molar-refractivity contribution >= 4 is 33.5 Å². The molecule has 0 unspecified atom stereocenters. The third kappa shape index (κ3) is 4.33. The van der Waals surface area contributed by atoms with Crippen molar-refractivity contribution in [3.05, 3.63) is 110 Å². The van der Waals surface area contributed by atoms with Gasteiger partial charge in [0.05, 0.1) is 5.39 Å². The van der Waals surface area contributed by atoms with Crippen LogP contribution >= 0.6 is 11.6 Å². The van der Waals surface area contributed by atoms with Crippen molar-refractivity contribution in [1.82, 2.24) is 0 Å².